The second-order valence-electron chi connectivity index (χ2n) is 4.51. The number of sulfonamides is 1. The number of hydrogen-bond acceptors (Lipinski definition) is 4. The maximum Gasteiger partial charge on any atom is 0.354 e. The highest BCUT2D eigenvalue weighted by Crippen LogP contribution is 2.21. The van der Waals surface area contributed by atoms with Crippen LogP contribution in [0, 0.1) is 0 Å². The number of fused-ring (bicyclic) bond motifs is 1. The van der Waals surface area contributed by atoms with E-state index in [2.05, 4.69) is 0 Å². The van der Waals surface area contributed by atoms with Crippen molar-refractivity contribution in [1.29, 1.82) is 0 Å². The molecule has 1 aromatic heterocycles. The molecule has 0 bridgehead atoms. The van der Waals surface area contributed by atoms with Crippen LogP contribution in [0.3, 0.4) is 0 Å². The standard InChI is InChI=1S/C13H16N2O4S/c1-14(20(3,17)18)9-15-11-7-5-4-6-10(11)8-12(15)13(16)19-2/h4-8H,9H2,1-3H3. The normalized spacial score (nSPS) is 12.0. The topological polar surface area (TPSA) is 68.6 Å². The number of rotatable bonds is 4. The van der Waals surface area contributed by atoms with Crippen molar-refractivity contribution in [3.63, 3.8) is 0 Å². The molecule has 0 amide bonds. The van der Waals surface area contributed by atoms with E-state index in [1.165, 1.54) is 18.5 Å². The number of esters is 1. The maximum absolute atomic E-state index is 11.8. The quantitative estimate of drug-likeness (QED) is 0.797. The monoisotopic (exact) mass is 296 g/mol. The number of para-hydroxylation sites is 1. The number of hydrogen-bond donors (Lipinski definition) is 0. The number of benzene rings is 1. The Hall–Kier alpha value is -1.86. The van der Waals surface area contributed by atoms with Crippen LogP contribution in [0.5, 0.6) is 0 Å². The summed E-state index contributed by atoms with van der Waals surface area (Å²) in [5, 5.41) is 0.856. The van der Waals surface area contributed by atoms with Crippen LogP contribution in [0.2, 0.25) is 0 Å². The van der Waals surface area contributed by atoms with Crippen molar-refractivity contribution in [2.75, 3.05) is 20.4 Å². The summed E-state index contributed by atoms with van der Waals surface area (Å²) in [6, 6.07) is 9.07. The third-order valence-corrected chi connectivity index (χ3v) is 4.36. The minimum Gasteiger partial charge on any atom is -0.464 e. The fourth-order valence-electron chi connectivity index (χ4n) is 1.94. The van der Waals surface area contributed by atoms with Gasteiger partial charge in [0.2, 0.25) is 10.0 Å². The van der Waals surface area contributed by atoms with E-state index in [1.807, 2.05) is 24.3 Å². The highest BCUT2D eigenvalue weighted by atomic mass is 32.2. The number of aromatic nitrogens is 1. The highest BCUT2D eigenvalue weighted by Gasteiger charge is 2.19. The Bertz CT molecular complexity index is 749. The van der Waals surface area contributed by atoms with Gasteiger partial charge in [-0.25, -0.2) is 13.2 Å². The van der Waals surface area contributed by atoms with Crippen molar-refractivity contribution in [3.8, 4) is 0 Å². The van der Waals surface area contributed by atoms with Crippen molar-refractivity contribution in [1.82, 2.24) is 8.87 Å². The Labute approximate surface area is 117 Å². The summed E-state index contributed by atoms with van der Waals surface area (Å²) in [5.41, 5.74) is 1.10. The second kappa shape index (κ2) is 5.26. The lowest BCUT2D eigenvalue weighted by molar-refractivity contribution is 0.0587. The van der Waals surface area contributed by atoms with Gasteiger partial charge in [0.15, 0.2) is 0 Å². The molecule has 7 heteroatoms. The SMILES string of the molecule is COC(=O)c1cc2ccccc2n1CN(C)S(C)(=O)=O. The average Bonchev–Trinajstić information content (AvgIpc) is 2.76. The predicted molar refractivity (Wildman–Crippen MR) is 75.9 cm³/mol. The Morgan fingerprint density at radius 3 is 2.60 bits per heavy atom. The molecule has 0 atom stereocenters. The van der Waals surface area contributed by atoms with E-state index in [9.17, 15) is 13.2 Å². The van der Waals surface area contributed by atoms with Gasteiger partial charge in [-0.2, -0.15) is 4.31 Å². The Morgan fingerprint density at radius 2 is 2.00 bits per heavy atom. The lowest BCUT2D eigenvalue weighted by atomic mass is 10.2. The number of methoxy groups -OCH3 is 1. The van der Waals surface area contributed by atoms with Gasteiger partial charge < -0.3 is 9.30 Å². The van der Waals surface area contributed by atoms with Gasteiger partial charge in [-0.05, 0) is 12.1 Å². The number of carbonyl (C=O) groups is 1. The van der Waals surface area contributed by atoms with Gasteiger partial charge in [-0.1, -0.05) is 18.2 Å². The summed E-state index contributed by atoms with van der Waals surface area (Å²) in [7, 11) is -0.577. The fourth-order valence-corrected chi connectivity index (χ4v) is 2.27. The molecule has 20 heavy (non-hydrogen) atoms. The first kappa shape index (κ1) is 14.5. The van der Waals surface area contributed by atoms with E-state index in [4.69, 9.17) is 4.74 Å². The Morgan fingerprint density at radius 1 is 1.35 bits per heavy atom. The largest absolute Gasteiger partial charge is 0.464 e. The van der Waals surface area contributed by atoms with Gasteiger partial charge in [0.05, 0.1) is 20.0 Å². The minimum atomic E-state index is -3.34. The van der Waals surface area contributed by atoms with Gasteiger partial charge in [-0.3, -0.25) is 0 Å². The molecule has 2 rings (SSSR count). The van der Waals surface area contributed by atoms with Crippen LogP contribution in [-0.2, 0) is 21.4 Å². The van der Waals surface area contributed by atoms with Gasteiger partial charge in [-0.15, -0.1) is 0 Å². The maximum atomic E-state index is 11.8. The molecular formula is C13H16N2O4S. The molecule has 0 radical (unpaired) electrons. The van der Waals surface area contributed by atoms with E-state index >= 15 is 0 Å². The molecular weight excluding hydrogens is 280 g/mol. The molecule has 2 aromatic rings. The third kappa shape index (κ3) is 2.68. The molecule has 0 aliphatic heterocycles. The first-order valence-corrected chi connectivity index (χ1v) is 7.77. The first-order chi connectivity index (χ1) is 9.34. The lowest BCUT2D eigenvalue weighted by Gasteiger charge is -2.17. The summed E-state index contributed by atoms with van der Waals surface area (Å²) < 4.78 is 30.6. The summed E-state index contributed by atoms with van der Waals surface area (Å²) in [4.78, 5) is 11.8. The van der Waals surface area contributed by atoms with E-state index in [1.54, 1.807) is 10.6 Å². The van der Waals surface area contributed by atoms with Gasteiger partial charge in [0, 0.05) is 18.0 Å². The zero-order chi connectivity index (χ0) is 14.9. The lowest BCUT2D eigenvalue weighted by Crippen LogP contribution is -2.29. The van der Waals surface area contributed by atoms with Crippen LogP contribution in [-0.4, -0.2) is 43.7 Å². The van der Waals surface area contributed by atoms with Crippen LogP contribution in [0.25, 0.3) is 10.9 Å². The number of nitrogens with zero attached hydrogens (tertiary/aromatic N) is 2. The number of ether oxygens (including phenoxy) is 1. The summed E-state index contributed by atoms with van der Waals surface area (Å²) >= 11 is 0. The zero-order valence-electron chi connectivity index (χ0n) is 11.5. The molecule has 0 unspecified atom stereocenters. The van der Waals surface area contributed by atoms with Crippen LogP contribution in [0.15, 0.2) is 30.3 Å². The van der Waals surface area contributed by atoms with E-state index < -0.39 is 16.0 Å². The Kier molecular flexibility index (Phi) is 3.82. The molecule has 0 saturated carbocycles. The minimum absolute atomic E-state index is 0.0524. The first-order valence-electron chi connectivity index (χ1n) is 5.92. The van der Waals surface area contributed by atoms with Crippen LogP contribution in [0.1, 0.15) is 10.5 Å². The molecule has 0 aliphatic carbocycles. The van der Waals surface area contributed by atoms with Crippen molar-refractivity contribution < 1.29 is 17.9 Å². The van der Waals surface area contributed by atoms with E-state index in [-0.39, 0.29) is 6.67 Å². The molecule has 0 saturated heterocycles. The van der Waals surface area contributed by atoms with Crippen molar-refractivity contribution in [3.05, 3.63) is 36.0 Å². The molecule has 0 aliphatic rings. The summed E-state index contributed by atoms with van der Waals surface area (Å²) in [6.45, 7) is 0.0524. The molecule has 0 fully saturated rings. The van der Waals surface area contributed by atoms with E-state index in [0.717, 1.165) is 17.2 Å². The second-order valence-corrected chi connectivity index (χ2v) is 6.60. The van der Waals surface area contributed by atoms with Gasteiger partial charge >= 0.3 is 5.97 Å². The molecule has 6 nitrogen and oxygen atoms in total. The molecule has 1 heterocycles. The van der Waals surface area contributed by atoms with Gasteiger partial charge in [0.25, 0.3) is 0 Å². The molecule has 0 spiro atoms. The van der Waals surface area contributed by atoms with Crippen molar-refractivity contribution >= 4 is 26.9 Å². The van der Waals surface area contributed by atoms with Gasteiger partial charge in [0.1, 0.15) is 5.69 Å². The Balaban J connectivity index is 2.57. The molecule has 108 valence electrons. The third-order valence-electron chi connectivity index (χ3n) is 3.11. The fraction of sp³-hybridized carbons (Fsp3) is 0.308. The summed E-state index contributed by atoms with van der Waals surface area (Å²) in [6.07, 6.45) is 1.12. The van der Waals surface area contributed by atoms with E-state index in [0.29, 0.717) is 5.69 Å². The summed E-state index contributed by atoms with van der Waals surface area (Å²) in [5.74, 6) is -0.497. The van der Waals surface area contributed by atoms with Crippen LogP contribution in [0.4, 0.5) is 0 Å². The smallest absolute Gasteiger partial charge is 0.354 e. The number of carbonyl (C=O) groups excluding carboxylic acids is 1. The molecule has 1 aromatic carbocycles. The highest BCUT2D eigenvalue weighted by molar-refractivity contribution is 7.88. The van der Waals surface area contributed by atoms with Crippen molar-refractivity contribution in [2.45, 2.75) is 6.67 Å². The predicted octanol–water partition coefficient (Wildman–Crippen LogP) is 1.28. The van der Waals surface area contributed by atoms with Crippen LogP contribution >= 0.6 is 0 Å². The molecule has 0 N–H and O–H groups in total. The zero-order valence-corrected chi connectivity index (χ0v) is 12.3. The van der Waals surface area contributed by atoms with Crippen molar-refractivity contribution in [2.24, 2.45) is 0 Å². The van der Waals surface area contributed by atoms with Crippen LogP contribution < -0.4 is 0 Å². The average molecular weight is 296 g/mol.